The summed E-state index contributed by atoms with van der Waals surface area (Å²) in [6.45, 7) is 3.14. The maximum absolute atomic E-state index is 9.59. The zero-order valence-corrected chi connectivity index (χ0v) is 10.5. The summed E-state index contributed by atoms with van der Waals surface area (Å²) in [4.78, 5) is 4.30. The predicted molar refractivity (Wildman–Crippen MR) is 66.5 cm³/mol. The van der Waals surface area contributed by atoms with Crippen LogP contribution in [0.2, 0.25) is 0 Å². The molecule has 1 aromatic heterocycles. The molecule has 0 aliphatic heterocycles. The Balaban J connectivity index is 1.74. The van der Waals surface area contributed by atoms with Crippen LogP contribution in [0.1, 0.15) is 44.3 Å². The van der Waals surface area contributed by atoms with Crippen molar-refractivity contribution in [2.45, 2.75) is 44.8 Å². The fraction of sp³-hybridized carbons (Fsp3) is 0.750. The van der Waals surface area contributed by atoms with Gasteiger partial charge in [-0.2, -0.15) is 0 Å². The Labute approximate surface area is 101 Å². The van der Waals surface area contributed by atoms with Crippen LogP contribution < -0.4 is 5.32 Å². The van der Waals surface area contributed by atoms with Gasteiger partial charge in [-0.05, 0) is 38.6 Å². The molecule has 0 spiro atoms. The highest BCUT2D eigenvalue weighted by Gasteiger charge is 2.20. The molecule has 4 heteroatoms. The fourth-order valence-electron chi connectivity index (χ4n) is 2.33. The van der Waals surface area contributed by atoms with Gasteiger partial charge in [-0.25, -0.2) is 4.98 Å². The van der Waals surface area contributed by atoms with E-state index in [2.05, 4.69) is 22.6 Å². The van der Waals surface area contributed by atoms with Gasteiger partial charge in [-0.15, -0.1) is 11.3 Å². The molecule has 3 nitrogen and oxygen atoms in total. The first kappa shape index (κ1) is 12.0. The number of aliphatic hydroxyl groups is 1. The Morgan fingerprint density at radius 1 is 1.62 bits per heavy atom. The molecular weight excluding hydrogens is 220 g/mol. The molecule has 2 N–H and O–H groups in total. The molecular formula is C12H20N2OS. The summed E-state index contributed by atoms with van der Waals surface area (Å²) in [6.07, 6.45) is 4.27. The number of hydrogen-bond donors (Lipinski definition) is 2. The first-order valence-electron chi connectivity index (χ1n) is 6.05. The molecule has 90 valence electrons. The van der Waals surface area contributed by atoms with Crippen molar-refractivity contribution in [1.82, 2.24) is 10.3 Å². The molecule has 3 atom stereocenters. The van der Waals surface area contributed by atoms with Crippen LogP contribution in [-0.4, -0.2) is 22.7 Å². The minimum atomic E-state index is -0.0740. The zero-order chi connectivity index (χ0) is 11.4. The summed E-state index contributed by atoms with van der Waals surface area (Å²) in [7, 11) is 0. The van der Waals surface area contributed by atoms with Crippen molar-refractivity contribution in [3.8, 4) is 0 Å². The van der Waals surface area contributed by atoms with E-state index in [1.54, 1.807) is 11.3 Å². The van der Waals surface area contributed by atoms with E-state index in [0.717, 1.165) is 25.1 Å². The van der Waals surface area contributed by atoms with Crippen LogP contribution in [0.15, 0.2) is 10.9 Å². The lowest BCUT2D eigenvalue weighted by Gasteiger charge is -2.27. The van der Waals surface area contributed by atoms with Crippen LogP contribution in [-0.2, 0) is 0 Å². The van der Waals surface area contributed by atoms with Gasteiger partial charge < -0.3 is 10.4 Å². The van der Waals surface area contributed by atoms with E-state index in [1.807, 2.05) is 5.51 Å². The zero-order valence-electron chi connectivity index (χ0n) is 9.72. The average Bonchev–Trinajstić information content (AvgIpc) is 2.79. The molecule has 0 radical (unpaired) electrons. The average molecular weight is 240 g/mol. The molecule has 0 aromatic carbocycles. The molecule has 2 rings (SSSR count). The Hall–Kier alpha value is -0.450. The smallest absolute Gasteiger partial charge is 0.0795 e. The van der Waals surface area contributed by atoms with E-state index in [1.165, 1.54) is 12.8 Å². The van der Waals surface area contributed by atoms with E-state index in [0.29, 0.717) is 12.0 Å². The van der Waals surface area contributed by atoms with Crippen LogP contribution in [0.25, 0.3) is 0 Å². The number of nitrogens with one attached hydrogen (secondary N) is 1. The first-order valence-corrected chi connectivity index (χ1v) is 6.99. The maximum atomic E-state index is 9.59. The highest BCUT2D eigenvalue weighted by molar-refractivity contribution is 7.07. The second-order valence-electron chi connectivity index (χ2n) is 4.73. The SMILES string of the molecule is CC(NCC1CCCC(O)C1)c1cscn1. The van der Waals surface area contributed by atoms with Crippen molar-refractivity contribution < 1.29 is 5.11 Å². The van der Waals surface area contributed by atoms with Gasteiger partial charge in [-0.3, -0.25) is 0 Å². The Kier molecular flexibility index (Phi) is 4.32. The lowest BCUT2D eigenvalue weighted by molar-refractivity contribution is 0.0998. The van der Waals surface area contributed by atoms with Gasteiger partial charge in [0.1, 0.15) is 0 Å². The van der Waals surface area contributed by atoms with E-state index in [9.17, 15) is 5.11 Å². The third-order valence-electron chi connectivity index (χ3n) is 3.36. The lowest BCUT2D eigenvalue weighted by Crippen LogP contribution is -2.30. The van der Waals surface area contributed by atoms with Crippen molar-refractivity contribution >= 4 is 11.3 Å². The van der Waals surface area contributed by atoms with Crippen molar-refractivity contribution in [3.05, 3.63) is 16.6 Å². The van der Waals surface area contributed by atoms with Crippen molar-refractivity contribution in [1.29, 1.82) is 0 Å². The molecule has 3 unspecified atom stereocenters. The van der Waals surface area contributed by atoms with Gasteiger partial charge in [0.25, 0.3) is 0 Å². The van der Waals surface area contributed by atoms with Gasteiger partial charge >= 0.3 is 0 Å². The van der Waals surface area contributed by atoms with E-state index in [-0.39, 0.29) is 6.10 Å². The monoisotopic (exact) mass is 240 g/mol. The highest BCUT2D eigenvalue weighted by atomic mass is 32.1. The number of rotatable bonds is 4. The molecule has 1 aliphatic carbocycles. The number of hydrogen-bond acceptors (Lipinski definition) is 4. The van der Waals surface area contributed by atoms with E-state index >= 15 is 0 Å². The fourth-order valence-corrected chi connectivity index (χ4v) is 2.98. The third-order valence-corrected chi connectivity index (χ3v) is 3.97. The van der Waals surface area contributed by atoms with E-state index in [4.69, 9.17) is 0 Å². The van der Waals surface area contributed by atoms with Gasteiger partial charge in [-0.1, -0.05) is 6.42 Å². The minimum Gasteiger partial charge on any atom is -0.393 e. The van der Waals surface area contributed by atoms with Crippen LogP contribution >= 0.6 is 11.3 Å². The molecule has 1 heterocycles. The molecule has 1 aliphatic rings. The number of thiazole rings is 1. The summed E-state index contributed by atoms with van der Waals surface area (Å²) in [6, 6.07) is 0.324. The largest absolute Gasteiger partial charge is 0.393 e. The standard InChI is InChI=1S/C12H20N2OS/c1-9(12-7-16-8-14-12)13-6-10-3-2-4-11(15)5-10/h7-11,13,15H,2-6H2,1H3. The second kappa shape index (κ2) is 5.75. The van der Waals surface area contributed by atoms with Gasteiger partial charge in [0.2, 0.25) is 0 Å². The van der Waals surface area contributed by atoms with Gasteiger partial charge in [0.15, 0.2) is 0 Å². The van der Waals surface area contributed by atoms with Crippen LogP contribution in [0, 0.1) is 5.92 Å². The molecule has 0 saturated heterocycles. The second-order valence-corrected chi connectivity index (χ2v) is 5.45. The molecule has 1 saturated carbocycles. The van der Waals surface area contributed by atoms with Crippen molar-refractivity contribution in [2.75, 3.05) is 6.54 Å². The number of nitrogens with zero attached hydrogens (tertiary/aromatic N) is 1. The highest BCUT2D eigenvalue weighted by Crippen LogP contribution is 2.24. The summed E-state index contributed by atoms with van der Waals surface area (Å²) in [5.41, 5.74) is 3.00. The van der Waals surface area contributed by atoms with Crippen LogP contribution in [0.4, 0.5) is 0 Å². The maximum Gasteiger partial charge on any atom is 0.0795 e. The summed E-state index contributed by atoms with van der Waals surface area (Å²) in [5.74, 6) is 0.629. The third kappa shape index (κ3) is 3.27. The Bertz CT molecular complexity index is 302. The summed E-state index contributed by atoms with van der Waals surface area (Å²) < 4.78 is 0. The van der Waals surface area contributed by atoms with Gasteiger partial charge in [0.05, 0.1) is 17.3 Å². The molecule has 1 fully saturated rings. The summed E-state index contributed by atoms with van der Waals surface area (Å²) >= 11 is 1.64. The number of aliphatic hydroxyl groups excluding tert-OH is 1. The predicted octanol–water partition coefficient (Wildman–Crippen LogP) is 2.34. The van der Waals surface area contributed by atoms with E-state index < -0.39 is 0 Å². The number of aromatic nitrogens is 1. The molecule has 0 amide bonds. The van der Waals surface area contributed by atoms with Crippen molar-refractivity contribution in [2.24, 2.45) is 5.92 Å². The topological polar surface area (TPSA) is 45.1 Å². The summed E-state index contributed by atoms with van der Waals surface area (Å²) in [5, 5.41) is 15.2. The molecule has 0 bridgehead atoms. The van der Waals surface area contributed by atoms with Gasteiger partial charge in [0, 0.05) is 11.4 Å². The van der Waals surface area contributed by atoms with Crippen molar-refractivity contribution in [3.63, 3.8) is 0 Å². The first-order chi connectivity index (χ1) is 7.75. The Morgan fingerprint density at radius 3 is 3.19 bits per heavy atom. The quantitative estimate of drug-likeness (QED) is 0.849. The normalized spacial score (nSPS) is 27.9. The molecule has 16 heavy (non-hydrogen) atoms. The lowest BCUT2D eigenvalue weighted by atomic mass is 9.87. The van der Waals surface area contributed by atoms with Crippen LogP contribution in [0.3, 0.4) is 0 Å². The Morgan fingerprint density at radius 2 is 2.50 bits per heavy atom. The minimum absolute atomic E-state index is 0.0740. The van der Waals surface area contributed by atoms with Crippen LogP contribution in [0.5, 0.6) is 0 Å². The molecule has 1 aromatic rings.